The van der Waals surface area contributed by atoms with Gasteiger partial charge in [-0.05, 0) is 48.4 Å². The van der Waals surface area contributed by atoms with Crippen molar-refractivity contribution in [3.05, 3.63) is 46.2 Å². The number of rotatable bonds is 11. The second-order valence-corrected chi connectivity index (χ2v) is 7.55. The minimum Gasteiger partial charge on any atom is -0.493 e. The Balaban J connectivity index is 0.00000420. The van der Waals surface area contributed by atoms with Crippen LogP contribution in [0.4, 0.5) is 0 Å². The lowest BCUT2D eigenvalue weighted by atomic mass is 10.1. The van der Waals surface area contributed by atoms with E-state index in [1.807, 2.05) is 18.2 Å². The van der Waals surface area contributed by atoms with Gasteiger partial charge in [0.15, 0.2) is 17.5 Å². The van der Waals surface area contributed by atoms with Gasteiger partial charge in [0.1, 0.15) is 6.61 Å². The first-order valence-corrected chi connectivity index (χ1v) is 10.5. The van der Waals surface area contributed by atoms with E-state index in [2.05, 4.69) is 47.0 Å². The van der Waals surface area contributed by atoms with E-state index in [0.29, 0.717) is 24.0 Å². The van der Waals surface area contributed by atoms with Gasteiger partial charge >= 0.3 is 0 Å². The van der Waals surface area contributed by atoms with Gasteiger partial charge in [-0.1, -0.05) is 19.1 Å². The number of benzene rings is 1. The summed E-state index contributed by atoms with van der Waals surface area (Å²) in [5.41, 5.74) is 1.03. The van der Waals surface area contributed by atoms with Crippen LogP contribution in [-0.4, -0.2) is 44.5 Å². The van der Waals surface area contributed by atoms with Gasteiger partial charge < -0.3 is 25.2 Å². The number of thiophene rings is 1. The van der Waals surface area contributed by atoms with E-state index in [1.165, 1.54) is 4.88 Å². The largest absolute Gasteiger partial charge is 0.493 e. The molecule has 2 aromatic rings. The lowest BCUT2D eigenvalue weighted by Gasteiger charge is -2.16. The number of nitrogens with zero attached hydrogens (tertiary/aromatic N) is 1. The lowest BCUT2D eigenvalue weighted by molar-refractivity contribution is 0.196. The van der Waals surface area contributed by atoms with Crippen molar-refractivity contribution in [3.8, 4) is 11.5 Å². The van der Waals surface area contributed by atoms with Crippen molar-refractivity contribution < 1.29 is 14.6 Å². The number of guanidine groups is 1. The zero-order valence-corrected chi connectivity index (χ0v) is 20.5. The summed E-state index contributed by atoms with van der Waals surface area (Å²) < 4.78 is 10.9. The molecule has 29 heavy (non-hydrogen) atoms. The predicted molar refractivity (Wildman–Crippen MR) is 131 cm³/mol. The van der Waals surface area contributed by atoms with E-state index in [1.54, 1.807) is 18.4 Å². The summed E-state index contributed by atoms with van der Waals surface area (Å²) in [5, 5.41) is 17.7. The minimum absolute atomic E-state index is 0. The molecule has 0 aliphatic heterocycles. The smallest absolute Gasteiger partial charge is 0.191 e. The van der Waals surface area contributed by atoms with E-state index in [0.717, 1.165) is 31.0 Å². The van der Waals surface area contributed by atoms with Crippen molar-refractivity contribution in [3.63, 3.8) is 0 Å². The molecule has 1 aromatic heterocycles. The molecule has 0 fully saturated rings. The Morgan fingerprint density at radius 2 is 2.07 bits per heavy atom. The van der Waals surface area contributed by atoms with E-state index in [-0.39, 0.29) is 37.2 Å². The number of hydrogen-bond donors (Lipinski definition) is 3. The van der Waals surface area contributed by atoms with Crippen LogP contribution in [0.15, 0.2) is 40.7 Å². The van der Waals surface area contributed by atoms with Crippen LogP contribution in [0.3, 0.4) is 0 Å². The maximum atomic E-state index is 8.91. The molecule has 0 spiro atoms. The molecule has 3 N–H and O–H groups in total. The van der Waals surface area contributed by atoms with Crippen molar-refractivity contribution in [1.82, 2.24) is 10.6 Å². The highest BCUT2D eigenvalue weighted by molar-refractivity contribution is 14.0. The summed E-state index contributed by atoms with van der Waals surface area (Å²) in [6.45, 7) is 6.72. The van der Waals surface area contributed by atoms with Crippen molar-refractivity contribution in [1.29, 1.82) is 0 Å². The molecule has 1 unspecified atom stereocenters. The summed E-state index contributed by atoms with van der Waals surface area (Å²) in [4.78, 5) is 6.09. The zero-order valence-electron chi connectivity index (χ0n) is 17.3. The highest BCUT2D eigenvalue weighted by atomic mass is 127. The van der Waals surface area contributed by atoms with E-state index < -0.39 is 0 Å². The number of aliphatic imine (C=N–C) groups is 1. The summed E-state index contributed by atoms with van der Waals surface area (Å²) in [6.07, 6.45) is 1.07. The molecule has 1 aromatic carbocycles. The molecule has 0 saturated heterocycles. The Kier molecular flexibility index (Phi) is 12.7. The van der Waals surface area contributed by atoms with Crippen LogP contribution in [0.2, 0.25) is 0 Å². The highest BCUT2D eigenvalue weighted by Crippen LogP contribution is 2.28. The van der Waals surface area contributed by atoms with Crippen LogP contribution in [-0.2, 0) is 13.0 Å². The van der Waals surface area contributed by atoms with Crippen LogP contribution in [0.5, 0.6) is 11.5 Å². The van der Waals surface area contributed by atoms with E-state index >= 15 is 0 Å². The van der Waals surface area contributed by atoms with Gasteiger partial charge in [0.25, 0.3) is 0 Å². The molecule has 8 heteroatoms. The Morgan fingerprint density at radius 1 is 1.24 bits per heavy atom. The second kappa shape index (κ2) is 14.5. The first-order chi connectivity index (χ1) is 13.7. The molecule has 6 nitrogen and oxygen atoms in total. The molecule has 0 aliphatic rings. The van der Waals surface area contributed by atoms with Gasteiger partial charge in [0.2, 0.25) is 0 Å². The van der Waals surface area contributed by atoms with Gasteiger partial charge in [0.05, 0.1) is 20.3 Å². The summed E-state index contributed by atoms with van der Waals surface area (Å²) >= 11 is 1.80. The first-order valence-electron chi connectivity index (χ1n) is 9.61. The first kappa shape index (κ1) is 25.5. The summed E-state index contributed by atoms with van der Waals surface area (Å²) in [7, 11) is 1.61. The standard InChI is InChI=1S/C21H31N3O3S.HI/c1-4-22-21(23-14-16(2)12-18-6-5-11-28-18)24-15-17-7-8-19(27-10-9-25)20(13-17)26-3;/h5-8,11,13,16,25H,4,9-10,12,14-15H2,1-3H3,(H2,22,23,24);1H. The number of halogens is 1. The highest BCUT2D eigenvalue weighted by Gasteiger charge is 2.08. The molecule has 0 saturated carbocycles. The minimum atomic E-state index is -0.0299. The van der Waals surface area contributed by atoms with Crippen LogP contribution in [0.25, 0.3) is 0 Å². The molecule has 0 amide bonds. The third-order valence-corrected chi connectivity index (χ3v) is 4.99. The molecule has 162 valence electrons. The number of aliphatic hydroxyl groups is 1. The molecule has 2 rings (SSSR count). The maximum Gasteiger partial charge on any atom is 0.191 e. The van der Waals surface area contributed by atoms with Gasteiger partial charge in [-0.2, -0.15) is 0 Å². The number of methoxy groups -OCH3 is 1. The summed E-state index contributed by atoms with van der Waals surface area (Å²) in [6, 6.07) is 10.0. The molecule has 1 atom stereocenters. The zero-order chi connectivity index (χ0) is 20.2. The van der Waals surface area contributed by atoms with Gasteiger partial charge in [0, 0.05) is 18.0 Å². The Hall–Kier alpha value is -1.52. The monoisotopic (exact) mass is 533 g/mol. The average Bonchev–Trinajstić information content (AvgIpc) is 3.21. The predicted octanol–water partition coefficient (Wildman–Crippen LogP) is 3.68. The molecular weight excluding hydrogens is 501 g/mol. The number of aliphatic hydroxyl groups excluding tert-OH is 1. The van der Waals surface area contributed by atoms with Crippen molar-refractivity contribution in [2.75, 3.05) is 33.4 Å². The fraction of sp³-hybridized carbons (Fsp3) is 0.476. The fourth-order valence-corrected chi connectivity index (χ4v) is 3.58. The quantitative estimate of drug-likeness (QED) is 0.234. The van der Waals surface area contributed by atoms with Gasteiger partial charge in [-0.15, -0.1) is 35.3 Å². The lowest BCUT2D eigenvalue weighted by Crippen LogP contribution is -2.39. The normalized spacial score (nSPS) is 12.1. The number of ether oxygens (including phenoxy) is 2. The van der Waals surface area contributed by atoms with Gasteiger partial charge in [-0.25, -0.2) is 4.99 Å². The van der Waals surface area contributed by atoms with Crippen LogP contribution >= 0.6 is 35.3 Å². The molecule has 1 heterocycles. The third-order valence-electron chi connectivity index (χ3n) is 4.09. The topological polar surface area (TPSA) is 75.1 Å². The Morgan fingerprint density at radius 3 is 2.72 bits per heavy atom. The third kappa shape index (κ3) is 9.22. The maximum absolute atomic E-state index is 8.91. The van der Waals surface area contributed by atoms with E-state index in [9.17, 15) is 0 Å². The van der Waals surface area contributed by atoms with Crippen LogP contribution in [0, 0.1) is 5.92 Å². The number of nitrogens with one attached hydrogen (secondary N) is 2. The average molecular weight is 533 g/mol. The van der Waals surface area contributed by atoms with Crippen molar-refractivity contribution in [2.45, 2.75) is 26.8 Å². The molecule has 0 aliphatic carbocycles. The van der Waals surface area contributed by atoms with Crippen molar-refractivity contribution in [2.24, 2.45) is 10.9 Å². The Labute approximate surface area is 194 Å². The van der Waals surface area contributed by atoms with Crippen LogP contribution < -0.4 is 20.1 Å². The van der Waals surface area contributed by atoms with E-state index in [4.69, 9.17) is 14.6 Å². The van der Waals surface area contributed by atoms with Crippen LogP contribution in [0.1, 0.15) is 24.3 Å². The molecular formula is C21H32IN3O3S. The number of hydrogen-bond acceptors (Lipinski definition) is 5. The van der Waals surface area contributed by atoms with Crippen molar-refractivity contribution >= 4 is 41.3 Å². The van der Waals surface area contributed by atoms with Gasteiger partial charge in [-0.3, -0.25) is 0 Å². The fourth-order valence-electron chi connectivity index (χ4n) is 2.71. The SMILES string of the molecule is CCNC(=NCc1ccc(OCCO)c(OC)c1)NCC(C)Cc1cccs1.I. The second-order valence-electron chi connectivity index (χ2n) is 6.52. The summed E-state index contributed by atoms with van der Waals surface area (Å²) in [5.74, 6) is 2.59. The molecule has 0 bridgehead atoms. The Bertz CT molecular complexity index is 726. The molecule has 0 radical (unpaired) electrons.